The first-order valence-electron chi connectivity index (χ1n) is 4.39. The van der Waals surface area contributed by atoms with E-state index >= 15 is 0 Å². The molecule has 0 atom stereocenters. The molecule has 1 N–H and O–H groups in total. The Balaban J connectivity index is 2.20. The number of H-pyrrole nitrogens is 1. The highest BCUT2D eigenvalue weighted by atomic mass is 15.1. The van der Waals surface area contributed by atoms with Crippen molar-refractivity contribution in [3.05, 3.63) is 53.3 Å². The van der Waals surface area contributed by atoms with Gasteiger partial charge in [0.2, 0.25) is 0 Å². The summed E-state index contributed by atoms with van der Waals surface area (Å²) < 4.78 is 0. The third-order valence-corrected chi connectivity index (χ3v) is 2.17. The summed E-state index contributed by atoms with van der Waals surface area (Å²) in [5.41, 5.74) is 3.75. The van der Waals surface area contributed by atoms with Crippen molar-refractivity contribution < 1.29 is 0 Å². The molecule has 2 nitrogen and oxygen atoms in total. The van der Waals surface area contributed by atoms with E-state index in [4.69, 9.17) is 0 Å². The van der Waals surface area contributed by atoms with E-state index in [1.165, 1.54) is 11.1 Å². The molecular weight excluding hydrogens is 160 g/mol. The Kier molecular flexibility index (Phi) is 2.13. The predicted octanol–water partition coefficient (Wildman–Crippen LogP) is 2.31. The Labute approximate surface area is 77.6 Å². The zero-order valence-corrected chi connectivity index (χ0v) is 7.62. The van der Waals surface area contributed by atoms with Crippen LogP contribution in [0.5, 0.6) is 0 Å². The second kappa shape index (κ2) is 3.44. The average molecular weight is 172 g/mol. The molecule has 0 aliphatic heterocycles. The third kappa shape index (κ3) is 1.78. The highest BCUT2D eigenvalue weighted by Gasteiger charge is 2.00. The molecule has 0 unspecified atom stereocenters. The number of hydrogen-bond acceptors (Lipinski definition) is 1. The van der Waals surface area contributed by atoms with Crippen LogP contribution in [0.25, 0.3) is 0 Å². The molecule has 1 heterocycles. The number of nitrogens with zero attached hydrogens (tertiary/aromatic N) is 1. The van der Waals surface area contributed by atoms with Crippen molar-refractivity contribution in [2.75, 3.05) is 0 Å². The molecule has 0 aliphatic carbocycles. The highest BCUT2D eigenvalue weighted by Crippen LogP contribution is 2.10. The van der Waals surface area contributed by atoms with Crippen LogP contribution in [0.15, 0.2) is 36.5 Å². The van der Waals surface area contributed by atoms with Crippen LogP contribution < -0.4 is 0 Å². The van der Waals surface area contributed by atoms with Crippen molar-refractivity contribution in [3.8, 4) is 0 Å². The molecule has 0 bridgehead atoms. The largest absolute Gasteiger partial charge is 0.283 e. The lowest BCUT2D eigenvalue weighted by molar-refractivity contribution is 1.04. The van der Waals surface area contributed by atoms with Gasteiger partial charge in [0.05, 0.1) is 6.20 Å². The molecule has 0 radical (unpaired) electrons. The molecule has 2 rings (SSSR count). The lowest BCUT2D eigenvalue weighted by Gasteiger charge is -1.98. The molecule has 0 spiro atoms. The van der Waals surface area contributed by atoms with Gasteiger partial charge in [-0.15, -0.1) is 0 Å². The van der Waals surface area contributed by atoms with Gasteiger partial charge in [0.15, 0.2) is 0 Å². The van der Waals surface area contributed by atoms with Gasteiger partial charge in [-0.3, -0.25) is 5.10 Å². The Morgan fingerprint density at radius 3 is 2.62 bits per heavy atom. The fourth-order valence-electron chi connectivity index (χ4n) is 1.37. The highest BCUT2D eigenvalue weighted by molar-refractivity contribution is 5.25. The summed E-state index contributed by atoms with van der Waals surface area (Å²) in [5.74, 6) is 0. The van der Waals surface area contributed by atoms with Crippen LogP contribution in [-0.2, 0) is 6.42 Å². The lowest BCUT2D eigenvalue weighted by atomic mass is 10.1. The van der Waals surface area contributed by atoms with Gasteiger partial charge >= 0.3 is 0 Å². The number of aryl methyl sites for hydroxylation is 1. The Hall–Kier alpha value is -1.57. The summed E-state index contributed by atoms with van der Waals surface area (Å²) in [5, 5.41) is 6.93. The number of benzene rings is 1. The van der Waals surface area contributed by atoms with E-state index in [2.05, 4.69) is 34.5 Å². The second-order valence-electron chi connectivity index (χ2n) is 3.18. The molecule has 0 saturated heterocycles. The van der Waals surface area contributed by atoms with E-state index < -0.39 is 0 Å². The standard InChI is InChI=1S/C11H12N2/c1-9-11(8-12-13-9)7-10-5-3-2-4-6-10/h2-6,8H,7H2,1H3,(H,12,13). The summed E-state index contributed by atoms with van der Waals surface area (Å²) in [4.78, 5) is 0. The normalized spacial score (nSPS) is 10.2. The van der Waals surface area contributed by atoms with E-state index in [-0.39, 0.29) is 0 Å². The van der Waals surface area contributed by atoms with Crippen molar-refractivity contribution in [1.29, 1.82) is 0 Å². The number of hydrogen-bond donors (Lipinski definition) is 1. The minimum atomic E-state index is 0.961. The van der Waals surface area contributed by atoms with Gasteiger partial charge in [0.1, 0.15) is 0 Å². The third-order valence-electron chi connectivity index (χ3n) is 2.17. The molecule has 13 heavy (non-hydrogen) atoms. The lowest BCUT2D eigenvalue weighted by Crippen LogP contribution is -1.87. The molecule has 0 aliphatic rings. The van der Waals surface area contributed by atoms with Crippen molar-refractivity contribution in [1.82, 2.24) is 10.2 Å². The molecular formula is C11H12N2. The summed E-state index contributed by atoms with van der Waals surface area (Å²) in [6.07, 6.45) is 2.85. The maximum atomic E-state index is 3.99. The molecule has 2 heteroatoms. The molecule has 0 amide bonds. The van der Waals surface area contributed by atoms with Crippen LogP contribution in [-0.4, -0.2) is 10.2 Å². The molecule has 66 valence electrons. The van der Waals surface area contributed by atoms with Gasteiger partial charge in [-0.1, -0.05) is 30.3 Å². The van der Waals surface area contributed by atoms with E-state index in [1.807, 2.05) is 19.2 Å². The van der Waals surface area contributed by atoms with Crippen molar-refractivity contribution in [2.45, 2.75) is 13.3 Å². The van der Waals surface area contributed by atoms with Crippen LogP contribution in [0.1, 0.15) is 16.8 Å². The zero-order valence-electron chi connectivity index (χ0n) is 7.62. The van der Waals surface area contributed by atoms with Gasteiger partial charge < -0.3 is 0 Å². The van der Waals surface area contributed by atoms with Crippen LogP contribution in [0.3, 0.4) is 0 Å². The minimum Gasteiger partial charge on any atom is -0.283 e. The smallest absolute Gasteiger partial charge is 0.0525 e. The van der Waals surface area contributed by atoms with Crippen molar-refractivity contribution >= 4 is 0 Å². The van der Waals surface area contributed by atoms with E-state index in [9.17, 15) is 0 Å². The van der Waals surface area contributed by atoms with E-state index in [0.717, 1.165) is 12.1 Å². The average Bonchev–Trinajstić information content (AvgIpc) is 2.54. The summed E-state index contributed by atoms with van der Waals surface area (Å²) in [6.45, 7) is 2.05. The van der Waals surface area contributed by atoms with E-state index in [1.54, 1.807) is 0 Å². The van der Waals surface area contributed by atoms with Gasteiger partial charge in [-0.2, -0.15) is 5.10 Å². The van der Waals surface area contributed by atoms with Crippen LogP contribution in [0, 0.1) is 6.92 Å². The van der Waals surface area contributed by atoms with Gasteiger partial charge in [0, 0.05) is 12.1 Å². The zero-order chi connectivity index (χ0) is 9.10. The Morgan fingerprint density at radius 2 is 2.00 bits per heavy atom. The number of nitrogens with one attached hydrogen (secondary N) is 1. The fourth-order valence-corrected chi connectivity index (χ4v) is 1.37. The SMILES string of the molecule is Cc1[nH]ncc1Cc1ccccc1. The maximum absolute atomic E-state index is 3.99. The Morgan fingerprint density at radius 1 is 1.23 bits per heavy atom. The molecule has 0 saturated carbocycles. The molecule has 1 aromatic carbocycles. The summed E-state index contributed by atoms with van der Waals surface area (Å²) in [7, 11) is 0. The maximum Gasteiger partial charge on any atom is 0.0525 e. The van der Waals surface area contributed by atoms with Gasteiger partial charge in [0.25, 0.3) is 0 Å². The van der Waals surface area contributed by atoms with Gasteiger partial charge in [-0.05, 0) is 18.1 Å². The van der Waals surface area contributed by atoms with Gasteiger partial charge in [-0.25, -0.2) is 0 Å². The van der Waals surface area contributed by atoms with Crippen LogP contribution in [0.2, 0.25) is 0 Å². The second-order valence-corrected chi connectivity index (χ2v) is 3.18. The number of aromatic nitrogens is 2. The monoisotopic (exact) mass is 172 g/mol. The first-order valence-corrected chi connectivity index (χ1v) is 4.39. The van der Waals surface area contributed by atoms with Crippen molar-refractivity contribution in [3.63, 3.8) is 0 Å². The van der Waals surface area contributed by atoms with Crippen molar-refractivity contribution in [2.24, 2.45) is 0 Å². The fraction of sp³-hybridized carbons (Fsp3) is 0.182. The molecule has 0 fully saturated rings. The first kappa shape index (κ1) is 8.05. The number of aromatic amines is 1. The van der Waals surface area contributed by atoms with Crippen LogP contribution >= 0.6 is 0 Å². The topological polar surface area (TPSA) is 28.7 Å². The molecule has 1 aromatic heterocycles. The predicted molar refractivity (Wildman–Crippen MR) is 52.6 cm³/mol. The quantitative estimate of drug-likeness (QED) is 0.739. The minimum absolute atomic E-state index is 0.961. The van der Waals surface area contributed by atoms with Crippen LogP contribution in [0.4, 0.5) is 0 Å². The molecule has 2 aromatic rings. The first-order chi connectivity index (χ1) is 6.36. The Bertz CT molecular complexity index is 376. The summed E-state index contributed by atoms with van der Waals surface area (Å²) >= 11 is 0. The van der Waals surface area contributed by atoms with E-state index in [0.29, 0.717) is 0 Å². The summed E-state index contributed by atoms with van der Waals surface area (Å²) in [6, 6.07) is 10.4. The number of rotatable bonds is 2.